The molecule has 0 saturated heterocycles. The molecule has 0 bridgehead atoms. The molecule has 1 aromatic heterocycles. The number of nitrogens with one attached hydrogen (secondary N) is 3. The van der Waals surface area contributed by atoms with E-state index in [0.717, 1.165) is 11.1 Å². The number of methoxy groups -OCH3 is 2. The number of rotatable bonds is 6. The van der Waals surface area contributed by atoms with Crippen molar-refractivity contribution in [1.82, 2.24) is 9.97 Å². The van der Waals surface area contributed by atoms with Gasteiger partial charge in [0, 0.05) is 34.5 Å². The van der Waals surface area contributed by atoms with Crippen LogP contribution in [-0.4, -0.2) is 34.8 Å². The molecule has 0 atom stereocenters. The van der Waals surface area contributed by atoms with Gasteiger partial charge in [0.25, 0.3) is 0 Å². The van der Waals surface area contributed by atoms with Gasteiger partial charge in [-0.3, -0.25) is 4.79 Å². The molecule has 8 nitrogen and oxygen atoms in total. The van der Waals surface area contributed by atoms with Gasteiger partial charge in [-0.15, -0.1) is 11.8 Å². The van der Waals surface area contributed by atoms with E-state index in [0.29, 0.717) is 28.6 Å². The predicted octanol–water partition coefficient (Wildman–Crippen LogP) is 4.94. The molecule has 4 rings (SSSR count). The Morgan fingerprint density at radius 3 is 2.44 bits per heavy atom. The summed E-state index contributed by atoms with van der Waals surface area (Å²) in [4.78, 5) is 21.4. The first kappa shape index (κ1) is 21.7. The van der Waals surface area contributed by atoms with Crippen LogP contribution in [0.25, 0.3) is 0 Å². The number of nitrogens with zero attached hydrogens (tertiary/aromatic N) is 2. The van der Waals surface area contributed by atoms with Gasteiger partial charge in [-0.05, 0) is 32.0 Å². The average molecular weight is 456 g/mol. The van der Waals surface area contributed by atoms with Gasteiger partial charge in [0.1, 0.15) is 11.5 Å². The summed E-state index contributed by atoms with van der Waals surface area (Å²) in [6.45, 7) is 3.73. The SMILES string of the molecule is COc1cc(Nc2ncc(F)c(Nc3ccc4c(c3)NC(=O)C(C)(C)S4)n2)cc(OC)c1. The Balaban J connectivity index is 1.57. The summed E-state index contributed by atoms with van der Waals surface area (Å²) in [5.74, 6) is 0.658. The highest BCUT2D eigenvalue weighted by Crippen LogP contribution is 2.43. The summed E-state index contributed by atoms with van der Waals surface area (Å²) in [6, 6.07) is 10.7. The first-order valence-corrected chi connectivity index (χ1v) is 10.5. The maximum Gasteiger partial charge on any atom is 0.240 e. The Kier molecular flexibility index (Phi) is 5.79. The van der Waals surface area contributed by atoms with Crippen molar-refractivity contribution in [2.45, 2.75) is 23.5 Å². The molecule has 0 fully saturated rings. The maximum atomic E-state index is 14.4. The van der Waals surface area contributed by atoms with Crippen LogP contribution >= 0.6 is 11.8 Å². The van der Waals surface area contributed by atoms with E-state index in [9.17, 15) is 9.18 Å². The minimum Gasteiger partial charge on any atom is -0.497 e. The highest BCUT2D eigenvalue weighted by Gasteiger charge is 2.34. The number of carbonyl (C=O) groups is 1. The molecule has 0 radical (unpaired) electrons. The Morgan fingerprint density at radius 2 is 1.75 bits per heavy atom. The summed E-state index contributed by atoms with van der Waals surface area (Å²) >= 11 is 1.48. The Labute approximate surface area is 188 Å². The third-order valence-corrected chi connectivity index (χ3v) is 6.03. The van der Waals surface area contributed by atoms with Gasteiger partial charge >= 0.3 is 0 Å². The van der Waals surface area contributed by atoms with Crippen molar-refractivity contribution in [3.8, 4) is 11.5 Å². The third kappa shape index (κ3) is 4.54. The second kappa shape index (κ2) is 8.54. The summed E-state index contributed by atoms with van der Waals surface area (Å²) in [5.41, 5.74) is 1.87. The van der Waals surface area contributed by atoms with Crippen LogP contribution in [0.1, 0.15) is 13.8 Å². The fourth-order valence-corrected chi connectivity index (χ4v) is 4.10. The maximum absolute atomic E-state index is 14.4. The van der Waals surface area contributed by atoms with Gasteiger partial charge < -0.3 is 25.4 Å². The lowest BCUT2D eigenvalue weighted by Crippen LogP contribution is -2.37. The average Bonchev–Trinajstić information content (AvgIpc) is 2.76. The Hall–Kier alpha value is -3.53. The van der Waals surface area contributed by atoms with Crippen molar-refractivity contribution in [1.29, 1.82) is 0 Å². The molecule has 166 valence electrons. The van der Waals surface area contributed by atoms with Gasteiger partial charge in [-0.1, -0.05) is 0 Å². The molecule has 0 aliphatic carbocycles. The van der Waals surface area contributed by atoms with E-state index in [4.69, 9.17) is 9.47 Å². The summed E-state index contributed by atoms with van der Waals surface area (Å²) in [6.07, 6.45) is 1.08. The predicted molar refractivity (Wildman–Crippen MR) is 123 cm³/mol. The molecule has 1 amide bonds. The smallest absolute Gasteiger partial charge is 0.240 e. The minimum absolute atomic E-state index is 0.00701. The van der Waals surface area contributed by atoms with Gasteiger partial charge in [-0.25, -0.2) is 9.37 Å². The number of thioether (sulfide) groups is 1. The van der Waals surface area contributed by atoms with Crippen LogP contribution in [0, 0.1) is 5.82 Å². The van der Waals surface area contributed by atoms with Crippen LogP contribution < -0.4 is 25.4 Å². The molecule has 0 saturated carbocycles. The summed E-state index contributed by atoms with van der Waals surface area (Å²) in [5, 5.41) is 8.87. The highest BCUT2D eigenvalue weighted by atomic mass is 32.2. The van der Waals surface area contributed by atoms with Crippen LogP contribution in [0.5, 0.6) is 11.5 Å². The Bertz CT molecular complexity index is 1170. The zero-order valence-electron chi connectivity index (χ0n) is 17.9. The number of hydrogen-bond acceptors (Lipinski definition) is 8. The molecule has 3 aromatic rings. The van der Waals surface area contributed by atoms with Gasteiger partial charge in [0.15, 0.2) is 11.6 Å². The van der Waals surface area contributed by atoms with E-state index in [1.54, 1.807) is 44.6 Å². The largest absolute Gasteiger partial charge is 0.497 e. The van der Waals surface area contributed by atoms with E-state index in [1.807, 2.05) is 19.9 Å². The standard InChI is InChI=1S/C22H22FN5O3S/c1-22(2)20(29)27-17-9-12(5-6-18(17)32-22)25-19-16(23)11-24-21(28-19)26-13-7-14(30-3)10-15(8-13)31-4/h5-11H,1-4H3,(H,27,29)(H2,24,25,26,28). The molecular formula is C22H22FN5O3S. The van der Waals surface area contributed by atoms with E-state index in [1.165, 1.54) is 11.8 Å². The van der Waals surface area contributed by atoms with E-state index in [2.05, 4.69) is 25.9 Å². The second-order valence-corrected chi connectivity index (χ2v) is 9.18. The number of amides is 1. The fourth-order valence-electron chi connectivity index (χ4n) is 3.05. The summed E-state index contributed by atoms with van der Waals surface area (Å²) in [7, 11) is 3.10. The topological polar surface area (TPSA) is 97.4 Å². The quantitative estimate of drug-likeness (QED) is 0.481. The monoisotopic (exact) mass is 455 g/mol. The zero-order valence-corrected chi connectivity index (χ0v) is 18.8. The first-order chi connectivity index (χ1) is 15.3. The number of aromatic nitrogens is 2. The molecule has 2 heterocycles. The van der Waals surface area contributed by atoms with E-state index >= 15 is 0 Å². The third-order valence-electron chi connectivity index (χ3n) is 4.75. The van der Waals surface area contributed by atoms with Crippen molar-refractivity contribution in [3.63, 3.8) is 0 Å². The van der Waals surface area contributed by atoms with E-state index < -0.39 is 10.6 Å². The number of hydrogen-bond donors (Lipinski definition) is 3. The molecule has 1 aliphatic rings. The van der Waals surface area contributed by atoms with Crippen molar-refractivity contribution >= 4 is 46.5 Å². The molecule has 3 N–H and O–H groups in total. The molecule has 1 aliphatic heterocycles. The lowest BCUT2D eigenvalue weighted by Gasteiger charge is -2.30. The highest BCUT2D eigenvalue weighted by molar-refractivity contribution is 8.01. The Morgan fingerprint density at radius 1 is 1.03 bits per heavy atom. The fraction of sp³-hybridized carbons (Fsp3) is 0.227. The van der Waals surface area contributed by atoms with Gasteiger partial charge in [-0.2, -0.15) is 4.98 Å². The lowest BCUT2D eigenvalue weighted by atomic mass is 10.1. The van der Waals surface area contributed by atoms with E-state index in [-0.39, 0.29) is 17.7 Å². The molecule has 2 aromatic carbocycles. The van der Waals surface area contributed by atoms with Crippen molar-refractivity contribution in [3.05, 3.63) is 48.4 Å². The second-order valence-electron chi connectivity index (χ2n) is 7.52. The van der Waals surface area contributed by atoms with Crippen LogP contribution in [-0.2, 0) is 4.79 Å². The van der Waals surface area contributed by atoms with Gasteiger partial charge in [0.2, 0.25) is 11.9 Å². The number of benzene rings is 2. The normalized spacial score (nSPS) is 14.2. The van der Waals surface area contributed by atoms with Crippen LogP contribution in [0.3, 0.4) is 0 Å². The lowest BCUT2D eigenvalue weighted by molar-refractivity contribution is -0.117. The molecule has 10 heteroatoms. The first-order valence-electron chi connectivity index (χ1n) is 9.71. The van der Waals surface area contributed by atoms with Gasteiger partial charge in [0.05, 0.1) is 30.9 Å². The number of halogens is 1. The number of carbonyl (C=O) groups excluding carboxylic acids is 1. The van der Waals surface area contributed by atoms with Crippen LogP contribution in [0.4, 0.5) is 33.2 Å². The van der Waals surface area contributed by atoms with Crippen molar-refractivity contribution < 1.29 is 18.7 Å². The molecular weight excluding hydrogens is 433 g/mol. The minimum atomic E-state index is -0.615. The van der Waals surface area contributed by atoms with Crippen LogP contribution in [0.15, 0.2) is 47.5 Å². The molecule has 0 unspecified atom stereocenters. The zero-order chi connectivity index (χ0) is 22.9. The van der Waals surface area contributed by atoms with Crippen molar-refractivity contribution in [2.75, 3.05) is 30.2 Å². The number of ether oxygens (including phenoxy) is 2. The van der Waals surface area contributed by atoms with Crippen LogP contribution in [0.2, 0.25) is 0 Å². The molecule has 0 spiro atoms. The number of fused-ring (bicyclic) bond motifs is 1. The van der Waals surface area contributed by atoms with Crippen molar-refractivity contribution in [2.24, 2.45) is 0 Å². The number of anilines is 5. The molecule has 32 heavy (non-hydrogen) atoms. The summed E-state index contributed by atoms with van der Waals surface area (Å²) < 4.78 is 24.4.